The van der Waals surface area contributed by atoms with Gasteiger partial charge in [0.2, 0.25) is 0 Å². The summed E-state index contributed by atoms with van der Waals surface area (Å²) >= 11 is 5.73. The van der Waals surface area contributed by atoms with Crippen molar-refractivity contribution in [2.75, 3.05) is 26.2 Å². The molecule has 0 radical (unpaired) electrons. The van der Waals surface area contributed by atoms with Crippen molar-refractivity contribution in [3.05, 3.63) is 34.1 Å². The molecule has 1 N–H and O–H groups in total. The van der Waals surface area contributed by atoms with Crippen LogP contribution in [0.5, 0.6) is 0 Å². The van der Waals surface area contributed by atoms with Crippen molar-refractivity contribution in [3.8, 4) is 0 Å². The van der Waals surface area contributed by atoms with Crippen molar-refractivity contribution in [1.82, 2.24) is 10.2 Å². The van der Waals surface area contributed by atoms with Crippen molar-refractivity contribution >= 4 is 11.6 Å². The first-order valence-corrected chi connectivity index (χ1v) is 7.76. The van der Waals surface area contributed by atoms with E-state index >= 15 is 0 Å². The summed E-state index contributed by atoms with van der Waals surface area (Å²) in [6.45, 7) is 2.93. The second-order valence-corrected chi connectivity index (χ2v) is 6.33. The van der Waals surface area contributed by atoms with E-state index in [0.717, 1.165) is 32.0 Å². The minimum absolute atomic E-state index is 0.0872. The fourth-order valence-electron chi connectivity index (χ4n) is 3.11. The number of piperazine rings is 1. The Bertz CT molecular complexity index is 551. The molecule has 1 heterocycles. The third-order valence-corrected chi connectivity index (χ3v) is 4.59. The molecule has 0 bridgehead atoms. The molecule has 0 amide bonds. The monoisotopic (exact) mass is 336 g/mol. The second kappa shape index (κ2) is 5.98. The highest BCUT2D eigenvalue weighted by Crippen LogP contribution is 2.47. The predicted octanol–water partition coefficient (Wildman–Crippen LogP) is 3.85. The highest BCUT2D eigenvalue weighted by molar-refractivity contribution is 6.30. The maximum absolute atomic E-state index is 14.4. The molecule has 0 spiro atoms. The van der Waals surface area contributed by atoms with Gasteiger partial charge in [0.25, 0.3) is 0 Å². The molecule has 122 valence electrons. The predicted molar refractivity (Wildman–Crippen MR) is 76.3 cm³/mol. The third-order valence-electron chi connectivity index (χ3n) is 4.32. The first-order chi connectivity index (χ1) is 10.4. The standard InChI is InChI=1S/C15H17ClF4N2/c16-12-8-10(15(18,19)20)7-11(13(12)17)14(9-1-2-9)22-5-3-21-4-6-22/h7-9,14,21H,1-6H2/t14-/m0/s1. The SMILES string of the molecule is Fc1c(Cl)cc(C(F)(F)F)cc1[C@H](C1CC1)N1CCNCC1. The third kappa shape index (κ3) is 3.24. The minimum Gasteiger partial charge on any atom is -0.314 e. The van der Waals surface area contributed by atoms with Crippen LogP contribution >= 0.6 is 11.6 Å². The summed E-state index contributed by atoms with van der Waals surface area (Å²) in [6.07, 6.45) is -2.69. The lowest BCUT2D eigenvalue weighted by molar-refractivity contribution is -0.137. The molecule has 1 aliphatic heterocycles. The van der Waals surface area contributed by atoms with Crippen LogP contribution in [0.25, 0.3) is 0 Å². The summed E-state index contributed by atoms with van der Waals surface area (Å²) in [5, 5.41) is 2.75. The lowest BCUT2D eigenvalue weighted by Gasteiger charge is -2.36. The molecule has 1 aromatic rings. The molecule has 1 aliphatic carbocycles. The van der Waals surface area contributed by atoms with Crippen LogP contribution in [0.15, 0.2) is 12.1 Å². The van der Waals surface area contributed by atoms with E-state index in [1.54, 1.807) is 0 Å². The Hall–Kier alpha value is -0.850. The zero-order valence-corrected chi connectivity index (χ0v) is 12.6. The van der Waals surface area contributed by atoms with Crippen LogP contribution in [0.2, 0.25) is 5.02 Å². The summed E-state index contributed by atoms with van der Waals surface area (Å²) in [7, 11) is 0. The molecule has 0 aromatic heterocycles. The normalized spacial score (nSPS) is 21.9. The zero-order valence-electron chi connectivity index (χ0n) is 11.9. The molecular formula is C15H17ClF4N2. The molecule has 22 heavy (non-hydrogen) atoms. The Morgan fingerprint density at radius 2 is 1.82 bits per heavy atom. The Morgan fingerprint density at radius 1 is 1.18 bits per heavy atom. The van der Waals surface area contributed by atoms with E-state index in [9.17, 15) is 17.6 Å². The first-order valence-electron chi connectivity index (χ1n) is 7.39. The van der Waals surface area contributed by atoms with Gasteiger partial charge in [-0.3, -0.25) is 4.90 Å². The van der Waals surface area contributed by atoms with Gasteiger partial charge in [0.15, 0.2) is 0 Å². The van der Waals surface area contributed by atoms with Crippen LogP contribution in [0.4, 0.5) is 17.6 Å². The number of halogens is 5. The quantitative estimate of drug-likeness (QED) is 0.843. The van der Waals surface area contributed by atoms with Crippen LogP contribution in [0, 0.1) is 11.7 Å². The van der Waals surface area contributed by atoms with Crippen molar-refractivity contribution in [3.63, 3.8) is 0 Å². The van der Waals surface area contributed by atoms with Gasteiger partial charge in [-0.1, -0.05) is 11.6 Å². The van der Waals surface area contributed by atoms with Crippen LogP contribution in [-0.2, 0) is 6.18 Å². The molecule has 2 aliphatic rings. The summed E-state index contributed by atoms with van der Waals surface area (Å²) < 4.78 is 53.4. The van der Waals surface area contributed by atoms with Crippen LogP contribution in [0.1, 0.15) is 30.0 Å². The van der Waals surface area contributed by atoms with Crippen molar-refractivity contribution in [1.29, 1.82) is 0 Å². The van der Waals surface area contributed by atoms with Gasteiger partial charge >= 0.3 is 6.18 Å². The topological polar surface area (TPSA) is 15.3 Å². The molecule has 1 atom stereocenters. The molecular weight excluding hydrogens is 320 g/mol. The fraction of sp³-hybridized carbons (Fsp3) is 0.600. The van der Waals surface area contributed by atoms with Crippen LogP contribution < -0.4 is 5.32 Å². The maximum Gasteiger partial charge on any atom is 0.416 e. The molecule has 7 heteroatoms. The number of hydrogen-bond acceptors (Lipinski definition) is 2. The number of nitrogens with zero attached hydrogens (tertiary/aromatic N) is 1. The fourth-order valence-corrected chi connectivity index (χ4v) is 3.34. The van der Waals surface area contributed by atoms with Gasteiger partial charge in [-0.2, -0.15) is 13.2 Å². The van der Waals surface area contributed by atoms with E-state index in [1.165, 1.54) is 0 Å². The van der Waals surface area contributed by atoms with Crippen molar-refractivity contribution in [2.24, 2.45) is 5.92 Å². The lowest BCUT2D eigenvalue weighted by Crippen LogP contribution is -2.46. The average Bonchev–Trinajstić information content (AvgIpc) is 3.28. The molecule has 3 rings (SSSR count). The summed E-state index contributed by atoms with van der Waals surface area (Å²) in [6, 6.07) is 1.29. The maximum atomic E-state index is 14.4. The molecule has 2 nitrogen and oxygen atoms in total. The summed E-state index contributed by atoms with van der Waals surface area (Å²) in [4.78, 5) is 2.07. The zero-order chi connectivity index (χ0) is 15.9. The minimum atomic E-state index is -4.52. The lowest BCUT2D eigenvalue weighted by atomic mass is 9.97. The largest absolute Gasteiger partial charge is 0.416 e. The van der Waals surface area contributed by atoms with Gasteiger partial charge in [-0.15, -0.1) is 0 Å². The molecule has 1 saturated heterocycles. The number of alkyl halides is 3. The van der Waals surface area contributed by atoms with Crippen molar-refractivity contribution in [2.45, 2.75) is 25.1 Å². The van der Waals surface area contributed by atoms with Crippen LogP contribution in [0.3, 0.4) is 0 Å². The Labute approximate surface area is 131 Å². The Kier molecular flexibility index (Phi) is 4.36. The van der Waals surface area contributed by atoms with E-state index in [4.69, 9.17) is 11.6 Å². The number of rotatable bonds is 3. The Morgan fingerprint density at radius 3 is 2.36 bits per heavy atom. The summed E-state index contributed by atoms with van der Waals surface area (Å²) in [5.74, 6) is -0.503. The molecule has 0 unspecified atom stereocenters. The van der Waals surface area contributed by atoms with Gasteiger partial charge in [0.05, 0.1) is 10.6 Å². The number of benzene rings is 1. The summed E-state index contributed by atoms with van der Waals surface area (Å²) in [5.41, 5.74) is -0.793. The average molecular weight is 337 g/mol. The molecule has 1 saturated carbocycles. The second-order valence-electron chi connectivity index (χ2n) is 5.93. The van der Waals surface area contributed by atoms with E-state index in [1.807, 2.05) is 0 Å². The van der Waals surface area contributed by atoms with Gasteiger partial charge in [0, 0.05) is 37.8 Å². The van der Waals surface area contributed by atoms with Gasteiger partial charge < -0.3 is 5.32 Å². The van der Waals surface area contributed by atoms with Crippen molar-refractivity contribution < 1.29 is 17.6 Å². The van der Waals surface area contributed by atoms with Gasteiger partial charge in [0.1, 0.15) is 5.82 Å². The van der Waals surface area contributed by atoms with Gasteiger partial charge in [-0.05, 0) is 30.9 Å². The highest BCUT2D eigenvalue weighted by atomic mass is 35.5. The number of hydrogen-bond donors (Lipinski definition) is 1. The smallest absolute Gasteiger partial charge is 0.314 e. The van der Waals surface area contributed by atoms with Crippen LogP contribution in [-0.4, -0.2) is 31.1 Å². The van der Waals surface area contributed by atoms with Gasteiger partial charge in [-0.25, -0.2) is 4.39 Å². The highest BCUT2D eigenvalue weighted by Gasteiger charge is 2.40. The first kappa shape index (κ1) is 16.0. The Balaban J connectivity index is 2.01. The molecule has 1 aromatic carbocycles. The van der Waals surface area contributed by atoms with E-state index in [-0.39, 0.29) is 17.5 Å². The van der Waals surface area contributed by atoms with E-state index in [2.05, 4.69) is 10.2 Å². The number of nitrogens with one attached hydrogen (secondary N) is 1. The van der Waals surface area contributed by atoms with E-state index in [0.29, 0.717) is 19.2 Å². The molecule has 2 fully saturated rings. The van der Waals surface area contributed by atoms with E-state index < -0.39 is 22.6 Å².